The molecule has 0 saturated heterocycles. The van der Waals surface area contributed by atoms with Crippen molar-refractivity contribution in [1.82, 2.24) is 20.6 Å². The molecule has 25 heavy (non-hydrogen) atoms. The van der Waals surface area contributed by atoms with Crippen LogP contribution in [0.5, 0.6) is 11.5 Å². The van der Waals surface area contributed by atoms with E-state index in [1.807, 2.05) is 30.3 Å². The molecule has 0 fully saturated rings. The number of benzene rings is 2. The number of nitrogens with one attached hydrogen (secondary N) is 2. The molecule has 0 aliphatic rings. The number of methoxy groups -OCH3 is 1. The summed E-state index contributed by atoms with van der Waals surface area (Å²) in [6.45, 7) is 0.793. The predicted octanol–water partition coefficient (Wildman–Crippen LogP) is 3.71. The lowest BCUT2D eigenvalue weighted by atomic mass is 10.2. The molecular formula is C16H15Cl2N5O2. The van der Waals surface area contributed by atoms with Crippen LogP contribution in [0.1, 0.15) is 11.1 Å². The summed E-state index contributed by atoms with van der Waals surface area (Å²) in [5.41, 5.74) is 1.83. The van der Waals surface area contributed by atoms with Crippen LogP contribution in [0.15, 0.2) is 36.4 Å². The zero-order valence-electron chi connectivity index (χ0n) is 13.3. The fraction of sp³-hybridized carbons (Fsp3) is 0.188. The van der Waals surface area contributed by atoms with Crippen molar-refractivity contribution in [3.8, 4) is 11.5 Å². The van der Waals surface area contributed by atoms with Crippen LogP contribution in [-0.4, -0.2) is 27.7 Å². The molecule has 2 aromatic carbocycles. The first kappa shape index (κ1) is 17.3. The number of aromatic amines is 1. The molecule has 1 aromatic heterocycles. The lowest BCUT2D eigenvalue weighted by Crippen LogP contribution is -2.03. The zero-order chi connectivity index (χ0) is 17.6. The highest BCUT2D eigenvalue weighted by Crippen LogP contribution is 2.37. The van der Waals surface area contributed by atoms with Gasteiger partial charge in [-0.15, -0.1) is 5.10 Å². The Balaban J connectivity index is 1.72. The van der Waals surface area contributed by atoms with Gasteiger partial charge in [-0.2, -0.15) is 5.21 Å². The monoisotopic (exact) mass is 379 g/mol. The summed E-state index contributed by atoms with van der Waals surface area (Å²) in [6, 6.07) is 11.1. The second-order valence-electron chi connectivity index (χ2n) is 5.12. The van der Waals surface area contributed by atoms with E-state index in [9.17, 15) is 0 Å². The van der Waals surface area contributed by atoms with Crippen LogP contribution in [0.25, 0.3) is 0 Å². The Kier molecular flexibility index (Phi) is 5.57. The van der Waals surface area contributed by atoms with Gasteiger partial charge in [0.15, 0.2) is 11.5 Å². The second-order valence-corrected chi connectivity index (χ2v) is 5.96. The Morgan fingerprint density at radius 1 is 1.16 bits per heavy atom. The molecule has 3 rings (SSSR count). The second kappa shape index (κ2) is 8.04. The van der Waals surface area contributed by atoms with E-state index in [0.717, 1.165) is 11.1 Å². The summed E-state index contributed by atoms with van der Waals surface area (Å²) in [6.07, 6.45) is 0. The molecule has 2 N–H and O–H groups in total. The Morgan fingerprint density at radius 3 is 2.76 bits per heavy atom. The molecule has 0 bridgehead atoms. The van der Waals surface area contributed by atoms with Crippen molar-refractivity contribution < 1.29 is 9.47 Å². The maximum Gasteiger partial charge on any atom is 0.263 e. The van der Waals surface area contributed by atoms with Crippen LogP contribution in [0.2, 0.25) is 10.0 Å². The predicted molar refractivity (Wildman–Crippen MR) is 95.3 cm³/mol. The molecule has 0 spiro atoms. The summed E-state index contributed by atoms with van der Waals surface area (Å²) < 4.78 is 11.2. The molecule has 0 aliphatic heterocycles. The van der Waals surface area contributed by atoms with Crippen molar-refractivity contribution in [2.75, 3.05) is 12.4 Å². The summed E-state index contributed by atoms with van der Waals surface area (Å²) in [5.74, 6) is 1.42. The highest BCUT2D eigenvalue weighted by molar-refractivity contribution is 6.32. The highest BCUT2D eigenvalue weighted by atomic mass is 35.5. The SMILES string of the molecule is COc1cc(CNc2nn[nH]n2)cc(Cl)c1OCc1cccc(Cl)c1. The van der Waals surface area contributed by atoms with Crippen molar-refractivity contribution in [2.24, 2.45) is 0 Å². The maximum absolute atomic E-state index is 6.36. The molecule has 3 aromatic rings. The first-order chi connectivity index (χ1) is 12.2. The Bertz CT molecular complexity index is 843. The van der Waals surface area contributed by atoms with E-state index >= 15 is 0 Å². The van der Waals surface area contributed by atoms with Gasteiger partial charge in [0.25, 0.3) is 5.95 Å². The fourth-order valence-electron chi connectivity index (χ4n) is 2.22. The van der Waals surface area contributed by atoms with E-state index in [4.69, 9.17) is 32.7 Å². The Hall–Kier alpha value is -2.51. The first-order valence-corrected chi connectivity index (χ1v) is 8.12. The standard InChI is InChI=1S/C16H15Cl2N5O2/c1-24-14-7-11(8-19-16-20-22-23-21-16)6-13(18)15(14)25-9-10-3-2-4-12(17)5-10/h2-7H,8-9H2,1H3,(H2,19,20,21,22,23). The molecule has 0 unspecified atom stereocenters. The van der Waals surface area contributed by atoms with Crippen molar-refractivity contribution in [1.29, 1.82) is 0 Å². The molecule has 0 aliphatic carbocycles. The van der Waals surface area contributed by atoms with Crippen LogP contribution in [-0.2, 0) is 13.2 Å². The average Bonchev–Trinajstić information content (AvgIpc) is 3.12. The number of ether oxygens (including phenoxy) is 2. The number of hydrogen-bond acceptors (Lipinski definition) is 6. The van der Waals surface area contributed by atoms with Crippen molar-refractivity contribution in [2.45, 2.75) is 13.2 Å². The molecule has 130 valence electrons. The number of halogens is 2. The largest absolute Gasteiger partial charge is 0.493 e. The normalized spacial score (nSPS) is 10.5. The topological polar surface area (TPSA) is 85.0 Å². The Morgan fingerprint density at radius 2 is 2.04 bits per heavy atom. The van der Waals surface area contributed by atoms with Crippen LogP contribution < -0.4 is 14.8 Å². The molecule has 0 radical (unpaired) electrons. The van der Waals surface area contributed by atoms with Gasteiger partial charge in [0, 0.05) is 11.6 Å². The van der Waals surface area contributed by atoms with Crippen LogP contribution >= 0.6 is 23.2 Å². The maximum atomic E-state index is 6.36. The fourth-order valence-corrected chi connectivity index (χ4v) is 2.72. The van der Waals surface area contributed by atoms with Gasteiger partial charge in [0.05, 0.1) is 12.1 Å². The number of anilines is 1. The van der Waals surface area contributed by atoms with E-state index < -0.39 is 0 Å². The van der Waals surface area contributed by atoms with E-state index in [-0.39, 0.29) is 0 Å². The van der Waals surface area contributed by atoms with Crippen LogP contribution in [0, 0.1) is 0 Å². The van der Waals surface area contributed by atoms with E-state index in [1.165, 1.54) is 0 Å². The van der Waals surface area contributed by atoms with Crippen LogP contribution in [0.3, 0.4) is 0 Å². The molecule has 9 heteroatoms. The minimum Gasteiger partial charge on any atom is -0.493 e. The Labute approximate surface area is 154 Å². The van der Waals surface area contributed by atoms with Gasteiger partial charge >= 0.3 is 0 Å². The van der Waals surface area contributed by atoms with Gasteiger partial charge in [0.1, 0.15) is 6.61 Å². The smallest absolute Gasteiger partial charge is 0.263 e. The number of hydrogen-bond donors (Lipinski definition) is 2. The quantitative estimate of drug-likeness (QED) is 0.650. The third kappa shape index (κ3) is 4.52. The summed E-state index contributed by atoms with van der Waals surface area (Å²) in [4.78, 5) is 0. The zero-order valence-corrected chi connectivity index (χ0v) is 14.8. The number of rotatable bonds is 7. The van der Waals surface area contributed by atoms with E-state index in [1.54, 1.807) is 13.2 Å². The minimum atomic E-state index is 0.330. The van der Waals surface area contributed by atoms with Crippen LogP contribution in [0.4, 0.5) is 5.95 Å². The lowest BCUT2D eigenvalue weighted by molar-refractivity contribution is 0.284. The summed E-state index contributed by atoms with van der Waals surface area (Å²) in [7, 11) is 1.56. The molecule has 0 saturated carbocycles. The van der Waals surface area contributed by atoms with Crippen molar-refractivity contribution in [3.05, 3.63) is 57.6 Å². The summed E-state index contributed by atoms with van der Waals surface area (Å²) in [5, 5.41) is 17.6. The van der Waals surface area contributed by atoms with Gasteiger partial charge in [0.2, 0.25) is 0 Å². The third-order valence-electron chi connectivity index (χ3n) is 3.36. The van der Waals surface area contributed by atoms with Crippen molar-refractivity contribution >= 4 is 29.2 Å². The number of aromatic nitrogens is 4. The molecule has 7 nitrogen and oxygen atoms in total. The van der Waals surface area contributed by atoms with Gasteiger partial charge in [-0.05, 0) is 40.6 Å². The average molecular weight is 380 g/mol. The van der Waals surface area contributed by atoms with Gasteiger partial charge in [-0.25, -0.2) is 0 Å². The lowest BCUT2D eigenvalue weighted by Gasteiger charge is -2.14. The van der Waals surface area contributed by atoms with Gasteiger partial charge in [-0.1, -0.05) is 40.4 Å². The number of nitrogens with zero attached hydrogens (tertiary/aromatic N) is 3. The number of tetrazole rings is 1. The molecule has 0 atom stereocenters. The number of H-pyrrole nitrogens is 1. The third-order valence-corrected chi connectivity index (χ3v) is 3.87. The molecule has 0 amide bonds. The minimum absolute atomic E-state index is 0.330. The summed E-state index contributed by atoms with van der Waals surface area (Å²) >= 11 is 12.3. The van der Waals surface area contributed by atoms with Gasteiger partial charge in [-0.3, -0.25) is 0 Å². The van der Waals surface area contributed by atoms with E-state index in [0.29, 0.717) is 40.6 Å². The molecular weight excluding hydrogens is 365 g/mol. The first-order valence-electron chi connectivity index (χ1n) is 7.36. The van der Waals surface area contributed by atoms with Crippen molar-refractivity contribution in [3.63, 3.8) is 0 Å². The highest BCUT2D eigenvalue weighted by Gasteiger charge is 2.13. The van der Waals surface area contributed by atoms with Gasteiger partial charge < -0.3 is 14.8 Å². The molecule has 1 heterocycles. The van der Waals surface area contributed by atoms with E-state index in [2.05, 4.69) is 25.9 Å².